The van der Waals surface area contributed by atoms with Gasteiger partial charge in [-0.3, -0.25) is 4.79 Å². The van der Waals surface area contributed by atoms with Crippen LogP contribution in [-0.2, 0) is 4.79 Å². The standard InChI is InChI=1S/C29H42N2O2/c1-3-5-7-8-10-12-28(32)33-27-21-30-29(31-22-27)26-19-17-25(18-20-26)24-15-13-23(14-16-24)11-9-6-4-2/h17-24H,3-16H2,1-2H3. The average molecular weight is 451 g/mol. The molecule has 1 aliphatic carbocycles. The molecule has 1 aromatic heterocycles. The minimum Gasteiger partial charge on any atom is -0.423 e. The molecule has 3 rings (SSSR count). The first-order chi connectivity index (χ1) is 16.2. The maximum absolute atomic E-state index is 12.0. The SMILES string of the molecule is CCCCCCCC(=O)Oc1cnc(-c2ccc(C3CCC(CCCCC)CC3)cc2)nc1. The van der Waals surface area contributed by atoms with Crippen LogP contribution in [0, 0.1) is 5.92 Å². The van der Waals surface area contributed by atoms with E-state index in [1.165, 1.54) is 76.2 Å². The number of hydrogen-bond acceptors (Lipinski definition) is 4. The third-order valence-electron chi connectivity index (χ3n) is 7.05. The van der Waals surface area contributed by atoms with Crippen molar-refractivity contribution in [2.45, 2.75) is 110 Å². The minimum absolute atomic E-state index is 0.202. The summed E-state index contributed by atoms with van der Waals surface area (Å²) in [4.78, 5) is 20.8. The maximum atomic E-state index is 12.0. The van der Waals surface area contributed by atoms with E-state index in [0.717, 1.165) is 24.3 Å². The average Bonchev–Trinajstić information content (AvgIpc) is 2.85. The largest absolute Gasteiger partial charge is 0.423 e. The number of nitrogens with zero attached hydrogens (tertiary/aromatic N) is 2. The van der Waals surface area contributed by atoms with E-state index in [1.54, 1.807) is 12.4 Å². The van der Waals surface area contributed by atoms with Gasteiger partial charge in [-0.25, -0.2) is 9.97 Å². The van der Waals surface area contributed by atoms with Crippen LogP contribution in [0.25, 0.3) is 11.4 Å². The molecular formula is C29H42N2O2. The number of rotatable bonds is 13. The molecule has 1 heterocycles. The van der Waals surface area contributed by atoms with E-state index in [2.05, 4.69) is 48.1 Å². The van der Waals surface area contributed by atoms with E-state index in [0.29, 0.717) is 23.9 Å². The van der Waals surface area contributed by atoms with Gasteiger partial charge in [0, 0.05) is 12.0 Å². The highest BCUT2D eigenvalue weighted by atomic mass is 16.5. The monoisotopic (exact) mass is 450 g/mol. The topological polar surface area (TPSA) is 52.1 Å². The summed E-state index contributed by atoms with van der Waals surface area (Å²) in [5.74, 6) is 2.51. The molecule has 0 aliphatic heterocycles. The molecule has 2 aromatic rings. The van der Waals surface area contributed by atoms with Crippen LogP contribution in [0.3, 0.4) is 0 Å². The van der Waals surface area contributed by atoms with Gasteiger partial charge in [0.25, 0.3) is 0 Å². The van der Waals surface area contributed by atoms with Crippen LogP contribution in [-0.4, -0.2) is 15.9 Å². The molecule has 0 spiro atoms. The minimum atomic E-state index is -0.202. The van der Waals surface area contributed by atoms with Gasteiger partial charge in [0.05, 0.1) is 12.4 Å². The van der Waals surface area contributed by atoms with E-state index in [1.807, 2.05) is 0 Å². The summed E-state index contributed by atoms with van der Waals surface area (Å²) in [6, 6.07) is 8.74. The number of benzene rings is 1. The summed E-state index contributed by atoms with van der Waals surface area (Å²) in [7, 11) is 0. The van der Waals surface area contributed by atoms with Crippen molar-refractivity contribution in [3.05, 3.63) is 42.2 Å². The van der Waals surface area contributed by atoms with Gasteiger partial charge in [0.2, 0.25) is 0 Å². The van der Waals surface area contributed by atoms with Gasteiger partial charge in [-0.1, -0.05) is 89.5 Å². The van der Waals surface area contributed by atoms with Gasteiger partial charge < -0.3 is 4.74 Å². The molecule has 0 N–H and O–H groups in total. The van der Waals surface area contributed by atoms with Gasteiger partial charge in [0.15, 0.2) is 11.6 Å². The summed E-state index contributed by atoms with van der Waals surface area (Å²) < 4.78 is 5.39. The van der Waals surface area contributed by atoms with Crippen LogP contribution < -0.4 is 4.74 Å². The Hall–Kier alpha value is -2.23. The number of carbonyl (C=O) groups excluding carboxylic acids is 1. The van der Waals surface area contributed by atoms with E-state index in [-0.39, 0.29) is 5.97 Å². The quantitative estimate of drug-likeness (QED) is 0.228. The Labute approximate surface area is 200 Å². The first-order valence-corrected chi connectivity index (χ1v) is 13.3. The van der Waals surface area contributed by atoms with Crippen LogP contribution in [0.1, 0.15) is 115 Å². The second-order valence-corrected chi connectivity index (χ2v) is 9.72. The predicted octanol–water partition coefficient (Wildman–Crippen LogP) is 8.26. The first-order valence-electron chi connectivity index (χ1n) is 13.3. The smallest absolute Gasteiger partial charge is 0.311 e. The molecule has 0 amide bonds. The van der Waals surface area contributed by atoms with Crippen LogP contribution in [0.2, 0.25) is 0 Å². The molecule has 4 heteroatoms. The van der Waals surface area contributed by atoms with Crippen LogP contribution in [0.15, 0.2) is 36.7 Å². The second kappa shape index (κ2) is 14.1. The Morgan fingerprint density at radius 1 is 0.848 bits per heavy atom. The molecule has 0 radical (unpaired) electrons. The highest BCUT2D eigenvalue weighted by Crippen LogP contribution is 2.38. The summed E-state index contributed by atoms with van der Waals surface area (Å²) >= 11 is 0. The van der Waals surface area contributed by atoms with Crippen molar-refractivity contribution >= 4 is 5.97 Å². The fourth-order valence-electron chi connectivity index (χ4n) is 4.95. The lowest BCUT2D eigenvalue weighted by Crippen LogP contribution is -2.13. The number of esters is 1. The Morgan fingerprint density at radius 2 is 1.48 bits per heavy atom. The van der Waals surface area contributed by atoms with Gasteiger partial charge in [-0.15, -0.1) is 0 Å². The Kier molecular flexibility index (Phi) is 10.9. The first kappa shape index (κ1) is 25.4. The molecule has 1 saturated carbocycles. The van der Waals surface area contributed by atoms with Gasteiger partial charge in [0.1, 0.15) is 0 Å². The summed E-state index contributed by atoms with van der Waals surface area (Å²) in [6.45, 7) is 4.47. The van der Waals surface area contributed by atoms with Crippen molar-refractivity contribution in [3.8, 4) is 17.1 Å². The van der Waals surface area contributed by atoms with Crippen LogP contribution in [0.5, 0.6) is 5.75 Å². The fourth-order valence-corrected chi connectivity index (χ4v) is 4.95. The zero-order valence-corrected chi connectivity index (χ0v) is 20.7. The number of carbonyl (C=O) groups is 1. The van der Waals surface area contributed by atoms with Gasteiger partial charge in [-0.05, 0) is 49.5 Å². The number of hydrogen-bond donors (Lipinski definition) is 0. The van der Waals surface area contributed by atoms with Crippen LogP contribution >= 0.6 is 0 Å². The van der Waals surface area contributed by atoms with Crippen molar-refractivity contribution in [3.63, 3.8) is 0 Å². The number of aromatic nitrogens is 2. The van der Waals surface area contributed by atoms with E-state index >= 15 is 0 Å². The molecule has 4 nitrogen and oxygen atoms in total. The van der Waals surface area contributed by atoms with E-state index in [4.69, 9.17) is 4.74 Å². The Balaban J connectivity index is 1.44. The second-order valence-electron chi connectivity index (χ2n) is 9.72. The van der Waals surface area contributed by atoms with Gasteiger partial charge >= 0.3 is 5.97 Å². The molecule has 0 bridgehead atoms. The third-order valence-corrected chi connectivity index (χ3v) is 7.05. The Bertz CT molecular complexity index is 809. The zero-order chi connectivity index (χ0) is 23.3. The fraction of sp³-hybridized carbons (Fsp3) is 0.621. The number of ether oxygens (including phenoxy) is 1. The summed E-state index contributed by atoms with van der Waals surface area (Å²) in [5, 5.41) is 0. The van der Waals surface area contributed by atoms with E-state index < -0.39 is 0 Å². The molecular weight excluding hydrogens is 408 g/mol. The molecule has 1 fully saturated rings. The maximum Gasteiger partial charge on any atom is 0.311 e. The van der Waals surface area contributed by atoms with E-state index in [9.17, 15) is 4.79 Å². The highest BCUT2D eigenvalue weighted by molar-refractivity contribution is 5.72. The normalized spacial score (nSPS) is 18.2. The molecule has 0 saturated heterocycles. The molecule has 1 aromatic carbocycles. The van der Waals surface area contributed by atoms with Crippen molar-refractivity contribution in [1.29, 1.82) is 0 Å². The predicted molar refractivity (Wildman–Crippen MR) is 135 cm³/mol. The van der Waals surface area contributed by atoms with Crippen molar-refractivity contribution in [2.24, 2.45) is 5.92 Å². The van der Waals surface area contributed by atoms with Crippen molar-refractivity contribution in [2.75, 3.05) is 0 Å². The van der Waals surface area contributed by atoms with Crippen LogP contribution in [0.4, 0.5) is 0 Å². The highest BCUT2D eigenvalue weighted by Gasteiger charge is 2.22. The lowest BCUT2D eigenvalue weighted by Gasteiger charge is -2.29. The molecule has 0 atom stereocenters. The van der Waals surface area contributed by atoms with Crippen molar-refractivity contribution in [1.82, 2.24) is 9.97 Å². The third kappa shape index (κ3) is 8.57. The lowest BCUT2D eigenvalue weighted by molar-refractivity contribution is -0.134. The molecule has 0 unspecified atom stereocenters. The van der Waals surface area contributed by atoms with Gasteiger partial charge in [-0.2, -0.15) is 0 Å². The molecule has 180 valence electrons. The molecule has 1 aliphatic rings. The Morgan fingerprint density at radius 3 is 2.15 bits per heavy atom. The zero-order valence-electron chi connectivity index (χ0n) is 20.7. The lowest BCUT2D eigenvalue weighted by atomic mass is 9.77. The van der Waals surface area contributed by atoms with Crippen molar-refractivity contribution < 1.29 is 9.53 Å². The number of unbranched alkanes of at least 4 members (excludes halogenated alkanes) is 6. The molecule has 33 heavy (non-hydrogen) atoms. The summed E-state index contributed by atoms with van der Waals surface area (Å²) in [5.41, 5.74) is 2.44. The summed E-state index contributed by atoms with van der Waals surface area (Å²) in [6.07, 6.45) is 20.1.